The SMILES string of the molecule is Cc1cn(C)cc1C(=O)N1CCN(CC(C)C)CC1. The van der Waals surface area contributed by atoms with Crippen LogP contribution in [0.15, 0.2) is 12.4 Å². The van der Waals surface area contributed by atoms with E-state index in [4.69, 9.17) is 0 Å². The van der Waals surface area contributed by atoms with Crippen LogP contribution in [-0.2, 0) is 7.05 Å². The third kappa shape index (κ3) is 3.38. The molecule has 4 nitrogen and oxygen atoms in total. The predicted molar refractivity (Wildman–Crippen MR) is 77.3 cm³/mol. The summed E-state index contributed by atoms with van der Waals surface area (Å²) >= 11 is 0. The lowest BCUT2D eigenvalue weighted by molar-refractivity contribution is 0.0623. The third-order valence-electron chi connectivity index (χ3n) is 3.67. The van der Waals surface area contributed by atoms with Crippen LogP contribution in [0.4, 0.5) is 0 Å². The molecule has 1 aromatic heterocycles. The van der Waals surface area contributed by atoms with Gasteiger partial charge in [0.15, 0.2) is 0 Å². The monoisotopic (exact) mass is 263 g/mol. The van der Waals surface area contributed by atoms with E-state index in [-0.39, 0.29) is 5.91 Å². The van der Waals surface area contributed by atoms with Crippen LogP contribution in [0.1, 0.15) is 29.8 Å². The Morgan fingerprint density at radius 3 is 2.32 bits per heavy atom. The fourth-order valence-electron chi connectivity index (χ4n) is 2.76. The Bertz CT molecular complexity index is 442. The molecule has 1 aromatic rings. The number of amides is 1. The number of aromatic nitrogens is 1. The van der Waals surface area contributed by atoms with Gasteiger partial charge in [0.25, 0.3) is 5.91 Å². The maximum atomic E-state index is 12.5. The first kappa shape index (κ1) is 14.1. The molecule has 1 fully saturated rings. The van der Waals surface area contributed by atoms with Crippen LogP contribution in [-0.4, -0.2) is 53.0 Å². The Morgan fingerprint density at radius 1 is 1.21 bits per heavy atom. The number of carbonyl (C=O) groups excluding carboxylic acids is 1. The molecule has 2 rings (SSSR count). The maximum Gasteiger partial charge on any atom is 0.255 e. The first-order valence-electron chi connectivity index (χ1n) is 7.11. The number of hydrogen-bond acceptors (Lipinski definition) is 2. The molecule has 0 bridgehead atoms. The third-order valence-corrected chi connectivity index (χ3v) is 3.67. The number of hydrogen-bond donors (Lipinski definition) is 0. The smallest absolute Gasteiger partial charge is 0.255 e. The molecule has 19 heavy (non-hydrogen) atoms. The number of piperazine rings is 1. The molecule has 1 aliphatic heterocycles. The van der Waals surface area contributed by atoms with E-state index in [1.54, 1.807) is 0 Å². The molecule has 0 radical (unpaired) electrons. The fraction of sp³-hybridized carbons (Fsp3) is 0.667. The van der Waals surface area contributed by atoms with E-state index in [1.165, 1.54) is 0 Å². The van der Waals surface area contributed by atoms with Crippen LogP contribution in [0, 0.1) is 12.8 Å². The van der Waals surface area contributed by atoms with E-state index < -0.39 is 0 Å². The van der Waals surface area contributed by atoms with Gasteiger partial charge in [-0.3, -0.25) is 9.69 Å². The fourth-order valence-corrected chi connectivity index (χ4v) is 2.76. The normalized spacial score (nSPS) is 17.2. The van der Waals surface area contributed by atoms with Crippen molar-refractivity contribution in [3.8, 4) is 0 Å². The van der Waals surface area contributed by atoms with Crippen LogP contribution in [0.5, 0.6) is 0 Å². The molecule has 0 spiro atoms. The highest BCUT2D eigenvalue weighted by Gasteiger charge is 2.23. The van der Waals surface area contributed by atoms with Crippen LogP contribution in [0.3, 0.4) is 0 Å². The minimum absolute atomic E-state index is 0.183. The summed E-state index contributed by atoms with van der Waals surface area (Å²) in [4.78, 5) is 16.9. The summed E-state index contributed by atoms with van der Waals surface area (Å²) < 4.78 is 1.96. The van der Waals surface area contributed by atoms with Crippen molar-refractivity contribution in [2.75, 3.05) is 32.7 Å². The maximum absolute atomic E-state index is 12.5. The zero-order valence-electron chi connectivity index (χ0n) is 12.5. The molecule has 2 heterocycles. The summed E-state index contributed by atoms with van der Waals surface area (Å²) in [6, 6.07) is 0. The van der Waals surface area contributed by atoms with E-state index in [1.807, 2.05) is 35.8 Å². The van der Waals surface area contributed by atoms with Gasteiger partial charge in [-0.25, -0.2) is 0 Å². The summed E-state index contributed by atoms with van der Waals surface area (Å²) in [6.07, 6.45) is 3.93. The first-order valence-corrected chi connectivity index (χ1v) is 7.11. The average Bonchev–Trinajstić information content (AvgIpc) is 2.68. The van der Waals surface area contributed by atoms with Crippen LogP contribution < -0.4 is 0 Å². The van der Waals surface area contributed by atoms with Crippen molar-refractivity contribution in [3.05, 3.63) is 23.5 Å². The van der Waals surface area contributed by atoms with E-state index in [2.05, 4.69) is 18.7 Å². The largest absolute Gasteiger partial charge is 0.356 e. The van der Waals surface area contributed by atoms with Crippen molar-refractivity contribution in [2.24, 2.45) is 13.0 Å². The Balaban J connectivity index is 1.94. The molecule has 4 heteroatoms. The summed E-state index contributed by atoms with van der Waals surface area (Å²) in [5.41, 5.74) is 1.91. The molecule has 0 N–H and O–H groups in total. The van der Waals surface area contributed by atoms with E-state index in [0.717, 1.165) is 43.9 Å². The van der Waals surface area contributed by atoms with E-state index >= 15 is 0 Å². The second-order valence-corrected chi connectivity index (χ2v) is 6.01. The van der Waals surface area contributed by atoms with E-state index in [9.17, 15) is 4.79 Å². The minimum Gasteiger partial charge on any atom is -0.356 e. The van der Waals surface area contributed by atoms with Gasteiger partial charge in [0.1, 0.15) is 0 Å². The number of nitrogens with zero attached hydrogens (tertiary/aromatic N) is 3. The highest BCUT2D eigenvalue weighted by Crippen LogP contribution is 2.14. The molecule has 0 aliphatic carbocycles. The molecule has 0 aromatic carbocycles. The summed E-state index contributed by atoms with van der Waals surface area (Å²) in [5.74, 6) is 0.876. The van der Waals surface area contributed by atoms with Gasteiger partial charge in [0.2, 0.25) is 0 Å². The van der Waals surface area contributed by atoms with Crippen molar-refractivity contribution in [1.29, 1.82) is 0 Å². The van der Waals surface area contributed by atoms with Crippen molar-refractivity contribution >= 4 is 5.91 Å². The lowest BCUT2D eigenvalue weighted by Gasteiger charge is -2.35. The lowest BCUT2D eigenvalue weighted by Crippen LogP contribution is -2.49. The van der Waals surface area contributed by atoms with Crippen molar-refractivity contribution in [2.45, 2.75) is 20.8 Å². The molecule has 106 valence electrons. The van der Waals surface area contributed by atoms with Gasteiger partial charge >= 0.3 is 0 Å². The van der Waals surface area contributed by atoms with Gasteiger partial charge in [-0.05, 0) is 18.4 Å². The molecular formula is C15H25N3O. The van der Waals surface area contributed by atoms with Gasteiger partial charge in [-0.2, -0.15) is 0 Å². The number of carbonyl (C=O) groups is 1. The van der Waals surface area contributed by atoms with Crippen LogP contribution in [0.25, 0.3) is 0 Å². The minimum atomic E-state index is 0.183. The Kier molecular flexibility index (Phi) is 4.30. The standard InChI is InChI=1S/C15H25N3O/c1-12(2)9-17-5-7-18(8-6-17)15(19)14-11-16(4)10-13(14)3/h10-12H,5-9H2,1-4H3. The summed E-state index contributed by atoms with van der Waals surface area (Å²) in [6.45, 7) is 11.3. The van der Waals surface area contributed by atoms with Crippen LogP contribution >= 0.6 is 0 Å². The Morgan fingerprint density at radius 2 is 1.84 bits per heavy atom. The Labute approximate surface area is 116 Å². The van der Waals surface area contributed by atoms with Gasteiger partial charge < -0.3 is 9.47 Å². The second-order valence-electron chi connectivity index (χ2n) is 6.01. The quantitative estimate of drug-likeness (QED) is 0.831. The zero-order chi connectivity index (χ0) is 14.0. The molecule has 1 amide bonds. The van der Waals surface area contributed by atoms with Gasteiger partial charge in [-0.15, -0.1) is 0 Å². The number of aryl methyl sites for hydroxylation is 2. The topological polar surface area (TPSA) is 28.5 Å². The molecule has 1 aliphatic rings. The molecule has 0 unspecified atom stereocenters. The Hall–Kier alpha value is -1.29. The number of rotatable bonds is 3. The van der Waals surface area contributed by atoms with Gasteiger partial charge in [-0.1, -0.05) is 13.8 Å². The zero-order valence-corrected chi connectivity index (χ0v) is 12.5. The lowest BCUT2D eigenvalue weighted by atomic mass is 10.1. The first-order chi connectivity index (χ1) is 8.97. The highest BCUT2D eigenvalue weighted by atomic mass is 16.2. The molecule has 0 atom stereocenters. The summed E-state index contributed by atoms with van der Waals surface area (Å²) in [5, 5.41) is 0. The summed E-state index contributed by atoms with van der Waals surface area (Å²) in [7, 11) is 1.96. The van der Waals surface area contributed by atoms with Crippen molar-refractivity contribution in [1.82, 2.24) is 14.4 Å². The predicted octanol–water partition coefficient (Wildman–Crippen LogP) is 1.75. The van der Waals surface area contributed by atoms with Crippen molar-refractivity contribution in [3.63, 3.8) is 0 Å². The second kappa shape index (κ2) is 5.78. The average molecular weight is 263 g/mol. The molecular weight excluding hydrogens is 238 g/mol. The highest BCUT2D eigenvalue weighted by molar-refractivity contribution is 5.95. The molecule has 0 saturated carbocycles. The van der Waals surface area contributed by atoms with Gasteiger partial charge in [0.05, 0.1) is 5.56 Å². The molecule has 1 saturated heterocycles. The van der Waals surface area contributed by atoms with Crippen LogP contribution in [0.2, 0.25) is 0 Å². The van der Waals surface area contributed by atoms with Crippen molar-refractivity contribution < 1.29 is 4.79 Å². The van der Waals surface area contributed by atoms with Gasteiger partial charge in [0, 0.05) is 52.2 Å². The van der Waals surface area contributed by atoms with E-state index in [0.29, 0.717) is 5.92 Å².